The molecule has 0 N–H and O–H groups in total. The van der Waals surface area contributed by atoms with Crippen LogP contribution < -0.4 is 66.4 Å². The van der Waals surface area contributed by atoms with Crippen molar-refractivity contribution in [1.82, 2.24) is 0 Å². The van der Waals surface area contributed by atoms with Gasteiger partial charge in [0.05, 0.1) is 0 Å². The Morgan fingerprint density at radius 3 is 0.397 bits per heavy atom. The van der Waals surface area contributed by atoms with Gasteiger partial charge in [0.2, 0.25) is 0 Å². The van der Waals surface area contributed by atoms with Gasteiger partial charge >= 0.3 is 22.4 Å². The zero-order chi connectivity index (χ0) is 38.0. The largest absolute Gasteiger partial charge is 1.00 e. The van der Waals surface area contributed by atoms with Crippen molar-refractivity contribution in [2.24, 2.45) is 0 Å². The van der Waals surface area contributed by atoms with E-state index in [2.05, 4.69) is 243 Å². The van der Waals surface area contributed by atoms with Gasteiger partial charge in [-0.1, -0.05) is 243 Å². The van der Waals surface area contributed by atoms with Crippen LogP contribution in [-0.4, -0.2) is 24.6 Å². The Hall–Kier alpha value is -3.05. The van der Waals surface area contributed by atoms with Crippen LogP contribution in [0.2, 0.25) is 0 Å². The summed E-state index contributed by atoms with van der Waals surface area (Å²) < 4.78 is 0. The molecule has 0 unspecified atom stereocenters. The number of benzene rings is 8. The molecular weight excluding hydrogens is 1070 g/mol. The summed E-state index contributed by atoms with van der Waals surface area (Å²) in [6.45, 7) is 0. The van der Waals surface area contributed by atoms with Crippen molar-refractivity contribution in [2.75, 3.05) is 24.6 Å². The maximum absolute atomic E-state index is 2.30. The molecule has 0 nitrogen and oxygen atoms in total. The smallest absolute Gasteiger partial charge is 1.00 e. The van der Waals surface area contributed by atoms with E-state index in [1.54, 1.807) is 0 Å². The van der Waals surface area contributed by atoms with Crippen molar-refractivity contribution in [1.29, 1.82) is 0 Å². The number of hydrogen-bond acceptors (Lipinski definition) is 0. The molecule has 0 amide bonds. The molecule has 0 bridgehead atoms. The first kappa shape index (κ1) is 46.0. The maximum Gasteiger partial charge on any atom is 1.00 e. The summed E-state index contributed by atoms with van der Waals surface area (Å²) in [5.41, 5.74) is 0. The first-order valence-corrected chi connectivity index (χ1v) is 25.4. The molecule has 0 heterocycles. The Bertz CT molecular complexity index is 1760. The number of halogens is 1. The fraction of sp³-hybridized carbons (Fsp3) is 0.0769. The third kappa shape index (κ3) is 13.5. The first-order valence-electron chi connectivity index (χ1n) is 19.3. The minimum atomic E-state index is -0.348. The van der Waals surface area contributed by atoms with Gasteiger partial charge in [-0.25, -0.2) is 0 Å². The van der Waals surface area contributed by atoms with Crippen LogP contribution in [0.5, 0.6) is 0 Å². The Labute approximate surface area is 384 Å². The number of rotatable bonds is 14. The van der Waals surface area contributed by atoms with Crippen LogP contribution in [0.15, 0.2) is 243 Å². The second-order valence-corrected chi connectivity index (χ2v) is 22.6. The van der Waals surface area contributed by atoms with E-state index in [1.165, 1.54) is 67.1 Å². The van der Waals surface area contributed by atoms with Crippen LogP contribution >= 0.6 is 31.7 Å². The molecule has 0 fully saturated rings. The van der Waals surface area contributed by atoms with Gasteiger partial charge in [-0.3, -0.25) is 0 Å². The van der Waals surface area contributed by atoms with Crippen molar-refractivity contribution in [3.63, 3.8) is 0 Å². The molecule has 58 heavy (non-hydrogen) atoms. The quantitative estimate of drug-likeness (QED) is 0.0602. The molecule has 0 saturated carbocycles. The van der Waals surface area contributed by atoms with E-state index in [1.807, 2.05) is 0 Å². The normalized spacial score (nSPS) is 10.7. The number of hydrogen-bond donors (Lipinski definition) is 0. The van der Waals surface area contributed by atoms with Gasteiger partial charge in [0.15, 0.2) is 0 Å². The molecule has 0 aliphatic heterocycles. The first-order chi connectivity index (χ1) is 27.8. The molecule has 0 aliphatic rings. The summed E-state index contributed by atoms with van der Waals surface area (Å²) in [4.78, 5) is 0. The molecule has 6 heteroatoms. The maximum atomic E-state index is 2.30. The molecule has 0 atom stereocenters. The Balaban J connectivity index is 0.000000214. The van der Waals surface area contributed by atoms with Crippen LogP contribution in [0.25, 0.3) is 0 Å². The fourth-order valence-corrected chi connectivity index (χ4v) is 17.6. The van der Waals surface area contributed by atoms with Crippen molar-refractivity contribution < 1.29 is 46.4 Å². The molecule has 8 rings (SSSR count). The van der Waals surface area contributed by atoms with Crippen LogP contribution in [0, 0.1) is 0 Å². The molecule has 0 aliphatic carbocycles. The molecule has 8 aromatic rings. The van der Waals surface area contributed by atoms with Crippen LogP contribution in [0.3, 0.4) is 0 Å². The van der Waals surface area contributed by atoms with E-state index < -0.39 is 0 Å². The monoisotopic (exact) mass is 1120 g/mol. The summed E-state index contributed by atoms with van der Waals surface area (Å²) in [6.07, 6.45) is 4.83. The van der Waals surface area contributed by atoms with E-state index in [-0.39, 0.29) is 78.0 Å². The van der Waals surface area contributed by atoms with E-state index in [0.29, 0.717) is 0 Å². The zero-order valence-electron chi connectivity index (χ0n) is 32.4. The standard InChI is InChI=1S/2C26H24P2.Au.HI/c2*1-5-13-23(14-6-1)27(24-15-7-2-8-16-24)21-22-28(25-17-9-3-10-18-25)26-19-11-4-12-20-26;;/h2*1-20H,21-22H2;;1H/q;;+1;/p-1. The predicted octanol–water partition coefficient (Wildman–Crippen LogP) is 7.51. The molecule has 0 spiro atoms. The van der Waals surface area contributed by atoms with Crippen molar-refractivity contribution in [2.45, 2.75) is 0 Å². The van der Waals surface area contributed by atoms with Gasteiger partial charge in [0.1, 0.15) is 0 Å². The van der Waals surface area contributed by atoms with Crippen LogP contribution in [-0.2, 0) is 22.4 Å². The zero-order valence-corrected chi connectivity index (χ0v) is 40.3. The summed E-state index contributed by atoms with van der Waals surface area (Å²) >= 11 is 0. The van der Waals surface area contributed by atoms with Gasteiger partial charge in [0, 0.05) is 0 Å². The molecule has 294 valence electrons. The summed E-state index contributed by atoms with van der Waals surface area (Å²) in [5, 5.41) is 11.8. The van der Waals surface area contributed by atoms with Crippen molar-refractivity contribution >= 4 is 74.1 Å². The molecule has 0 aromatic heterocycles. The fourth-order valence-electron chi connectivity index (χ4n) is 6.89. The van der Waals surface area contributed by atoms with Crippen molar-refractivity contribution in [3.05, 3.63) is 243 Å². The van der Waals surface area contributed by atoms with Crippen LogP contribution in [0.4, 0.5) is 0 Å². The minimum Gasteiger partial charge on any atom is -1.00 e. The minimum absolute atomic E-state index is 0. The summed E-state index contributed by atoms with van der Waals surface area (Å²) in [5.74, 6) is 0. The van der Waals surface area contributed by atoms with E-state index in [0.717, 1.165) is 0 Å². The van der Waals surface area contributed by atoms with Crippen molar-refractivity contribution in [3.8, 4) is 0 Å². The van der Waals surface area contributed by atoms with E-state index in [9.17, 15) is 0 Å². The van der Waals surface area contributed by atoms with Gasteiger partial charge in [-0.15, -0.1) is 0 Å². The molecular formula is C52H48AuIP4. The Kier molecular flexibility index (Phi) is 20.3. The van der Waals surface area contributed by atoms with Gasteiger partial charge in [-0.05, 0) is 98.8 Å². The average molecular weight is 1120 g/mol. The van der Waals surface area contributed by atoms with Crippen LogP contribution in [0.1, 0.15) is 0 Å². The van der Waals surface area contributed by atoms with Gasteiger partial charge in [-0.2, -0.15) is 0 Å². The third-order valence-corrected chi connectivity index (χ3v) is 20.4. The Morgan fingerprint density at radius 2 is 0.293 bits per heavy atom. The van der Waals surface area contributed by atoms with E-state index >= 15 is 0 Å². The average Bonchev–Trinajstić information content (AvgIpc) is 3.29. The topological polar surface area (TPSA) is 0 Å². The summed E-state index contributed by atoms with van der Waals surface area (Å²) in [7, 11) is -1.39. The second kappa shape index (κ2) is 25.5. The SMILES string of the molecule is [Au+].[I-].c1ccc(P(CCP(c2ccccc2)c2ccccc2)c2ccccc2)cc1.c1ccc(P(CCP(c2ccccc2)c2ccccc2)c2ccccc2)cc1. The third-order valence-electron chi connectivity index (χ3n) is 9.64. The Morgan fingerprint density at radius 1 is 0.190 bits per heavy atom. The molecule has 8 aromatic carbocycles. The molecule has 0 radical (unpaired) electrons. The molecule has 0 saturated heterocycles. The summed E-state index contributed by atoms with van der Waals surface area (Å²) in [6, 6.07) is 88.4. The van der Waals surface area contributed by atoms with Gasteiger partial charge < -0.3 is 24.0 Å². The van der Waals surface area contributed by atoms with E-state index in [4.69, 9.17) is 0 Å². The van der Waals surface area contributed by atoms with Gasteiger partial charge in [0.25, 0.3) is 0 Å². The predicted molar refractivity (Wildman–Crippen MR) is 256 cm³/mol. The second-order valence-electron chi connectivity index (χ2n) is 13.3.